The first-order chi connectivity index (χ1) is 13.9. The van der Waals surface area contributed by atoms with Gasteiger partial charge in [-0.3, -0.25) is 4.79 Å². The molecule has 1 aromatic heterocycles. The van der Waals surface area contributed by atoms with Crippen LogP contribution in [0.15, 0.2) is 48.5 Å². The second-order valence-corrected chi connectivity index (χ2v) is 6.88. The summed E-state index contributed by atoms with van der Waals surface area (Å²) in [6.07, 6.45) is -0.205. The minimum absolute atomic E-state index is 0.0477. The highest BCUT2D eigenvalue weighted by atomic mass is 16.5. The van der Waals surface area contributed by atoms with Crippen LogP contribution in [0.3, 0.4) is 0 Å². The summed E-state index contributed by atoms with van der Waals surface area (Å²) >= 11 is 0. The zero-order valence-corrected chi connectivity index (χ0v) is 16.6. The zero-order chi connectivity index (χ0) is 20.8. The lowest BCUT2D eigenvalue weighted by molar-refractivity contribution is -0.122. The van der Waals surface area contributed by atoms with Crippen molar-refractivity contribution in [3.05, 3.63) is 65.2 Å². The molecule has 0 atom stereocenters. The van der Waals surface area contributed by atoms with Crippen LogP contribution in [0, 0.1) is 6.92 Å². The number of aryl methyl sites for hydroxylation is 1. The van der Waals surface area contributed by atoms with Crippen LogP contribution in [-0.2, 0) is 22.6 Å². The number of aromatic nitrogens is 4. The molecule has 29 heavy (non-hydrogen) atoms. The predicted octanol–water partition coefficient (Wildman–Crippen LogP) is 2.53. The zero-order valence-electron chi connectivity index (χ0n) is 16.6. The van der Waals surface area contributed by atoms with Gasteiger partial charge in [0.1, 0.15) is 6.54 Å². The van der Waals surface area contributed by atoms with Gasteiger partial charge in [0.25, 0.3) is 0 Å². The van der Waals surface area contributed by atoms with Crippen LogP contribution >= 0.6 is 0 Å². The molecule has 8 heteroatoms. The third-order valence-electron chi connectivity index (χ3n) is 4.17. The third kappa shape index (κ3) is 5.47. The molecule has 2 aromatic carbocycles. The molecule has 0 radical (unpaired) electrons. The van der Waals surface area contributed by atoms with E-state index in [1.54, 1.807) is 38.1 Å². The van der Waals surface area contributed by atoms with Crippen LogP contribution in [0.1, 0.15) is 35.3 Å². The number of nitrogens with zero attached hydrogens (tertiary/aromatic N) is 4. The van der Waals surface area contributed by atoms with Crippen molar-refractivity contribution < 1.29 is 14.3 Å². The summed E-state index contributed by atoms with van der Waals surface area (Å²) in [5.74, 6) is -0.299. The molecule has 0 bridgehead atoms. The van der Waals surface area contributed by atoms with Gasteiger partial charge in [-0.1, -0.05) is 36.4 Å². The summed E-state index contributed by atoms with van der Waals surface area (Å²) in [5, 5.41) is 15.0. The minimum atomic E-state index is -0.412. The number of rotatable bonds is 7. The Hall–Kier alpha value is -3.55. The molecule has 1 amide bonds. The molecule has 0 aliphatic carbocycles. The fourth-order valence-corrected chi connectivity index (χ4v) is 2.68. The van der Waals surface area contributed by atoms with E-state index in [-0.39, 0.29) is 18.6 Å². The third-order valence-corrected chi connectivity index (χ3v) is 4.17. The normalized spacial score (nSPS) is 10.8. The first-order valence-corrected chi connectivity index (χ1v) is 9.33. The monoisotopic (exact) mass is 393 g/mol. The maximum atomic E-state index is 12.2. The summed E-state index contributed by atoms with van der Waals surface area (Å²) in [6.45, 7) is 5.97. The summed E-state index contributed by atoms with van der Waals surface area (Å²) in [5.41, 5.74) is 3.20. The van der Waals surface area contributed by atoms with E-state index in [0.29, 0.717) is 23.5 Å². The summed E-state index contributed by atoms with van der Waals surface area (Å²) in [4.78, 5) is 25.5. The van der Waals surface area contributed by atoms with Gasteiger partial charge in [-0.2, -0.15) is 4.80 Å². The number of esters is 1. The van der Waals surface area contributed by atoms with Gasteiger partial charge in [-0.25, -0.2) is 4.79 Å². The van der Waals surface area contributed by atoms with Crippen molar-refractivity contribution in [2.75, 3.05) is 0 Å². The molecule has 3 rings (SSSR count). The van der Waals surface area contributed by atoms with E-state index >= 15 is 0 Å². The topological polar surface area (TPSA) is 99.0 Å². The van der Waals surface area contributed by atoms with Gasteiger partial charge < -0.3 is 10.1 Å². The van der Waals surface area contributed by atoms with Crippen molar-refractivity contribution >= 4 is 11.9 Å². The molecule has 0 spiro atoms. The highest BCUT2D eigenvalue weighted by Gasteiger charge is 2.13. The van der Waals surface area contributed by atoms with Crippen LogP contribution in [-0.4, -0.2) is 38.2 Å². The Morgan fingerprint density at radius 3 is 2.69 bits per heavy atom. The Bertz CT molecular complexity index is 1010. The Morgan fingerprint density at radius 1 is 1.14 bits per heavy atom. The molecule has 8 nitrogen and oxygen atoms in total. The van der Waals surface area contributed by atoms with E-state index in [9.17, 15) is 9.59 Å². The number of ether oxygens (including phenoxy) is 1. The molecule has 3 aromatic rings. The molecule has 0 saturated heterocycles. The first-order valence-electron chi connectivity index (χ1n) is 9.33. The van der Waals surface area contributed by atoms with Crippen LogP contribution in [0.2, 0.25) is 0 Å². The number of tetrazole rings is 1. The number of carbonyl (C=O) groups excluding carboxylic acids is 2. The van der Waals surface area contributed by atoms with Crippen LogP contribution in [0.5, 0.6) is 0 Å². The predicted molar refractivity (Wildman–Crippen MR) is 107 cm³/mol. The van der Waals surface area contributed by atoms with Crippen molar-refractivity contribution in [1.29, 1.82) is 0 Å². The van der Waals surface area contributed by atoms with Crippen LogP contribution < -0.4 is 5.32 Å². The number of amides is 1. The average molecular weight is 393 g/mol. The van der Waals surface area contributed by atoms with Crippen molar-refractivity contribution in [2.45, 2.75) is 40.0 Å². The smallest absolute Gasteiger partial charge is 0.338 e. The van der Waals surface area contributed by atoms with Crippen LogP contribution in [0.4, 0.5) is 0 Å². The minimum Gasteiger partial charge on any atom is -0.459 e. The van der Waals surface area contributed by atoms with Crippen molar-refractivity contribution in [2.24, 2.45) is 0 Å². The van der Waals surface area contributed by atoms with Gasteiger partial charge in [0, 0.05) is 12.1 Å². The van der Waals surface area contributed by atoms with E-state index < -0.39 is 5.97 Å². The van der Waals surface area contributed by atoms with Gasteiger partial charge in [0.05, 0.1) is 11.7 Å². The van der Waals surface area contributed by atoms with Gasteiger partial charge in [0.15, 0.2) is 0 Å². The lowest BCUT2D eigenvalue weighted by atomic mass is 10.1. The number of nitrogens with one attached hydrogen (secondary N) is 1. The largest absolute Gasteiger partial charge is 0.459 e. The van der Waals surface area contributed by atoms with Gasteiger partial charge >= 0.3 is 5.97 Å². The maximum absolute atomic E-state index is 12.2. The number of hydrogen-bond acceptors (Lipinski definition) is 6. The summed E-state index contributed by atoms with van der Waals surface area (Å²) in [6, 6.07) is 14.7. The Labute approximate surface area is 168 Å². The highest BCUT2D eigenvalue weighted by Crippen LogP contribution is 2.16. The molecule has 0 saturated carbocycles. The molecule has 0 aliphatic heterocycles. The number of benzene rings is 2. The molecule has 1 N–H and O–H groups in total. The van der Waals surface area contributed by atoms with Gasteiger partial charge in [0.2, 0.25) is 11.7 Å². The van der Waals surface area contributed by atoms with E-state index in [4.69, 9.17) is 4.74 Å². The Morgan fingerprint density at radius 2 is 1.93 bits per heavy atom. The lowest BCUT2D eigenvalue weighted by Gasteiger charge is -2.08. The molecule has 0 unspecified atom stereocenters. The maximum Gasteiger partial charge on any atom is 0.338 e. The summed E-state index contributed by atoms with van der Waals surface area (Å²) < 4.78 is 5.20. The first kappa shape index (κ1) is 20.2. The fraction of sp³-hybridized carbons (Fsp3) is 0.286. The standard InChI is InChI=1S/C21H23N5O3/c1-14(2)29-21(28)17-10-6-9-16(11-17)20-23-25-26(24-20)13-19(27)22-12-18-8-5-4-7-15(18)3/h4-11,14H,12-13H2,1-3H3,(H,22,27). The van der Waals surface area contributed by atoms with Crippen molar-refractivity contribution in [3.63, 3.8) is 0 Å². The van der Waals surface area contributed by atoms with Crippen molar-refractivity contribution in [3.8, 4) is 11.4 Å². The molecular weight excluding hydrogens is 370 g/mol. The van der Waals surface area contributed by atoms with E-state index in [2.05, 4.69) is 20.7 Å². The number of hydrogen-bond donors (Lipinski definition) is 1. The van der Waals surface area contributed by atoms with Crippen LogP contribution in [0.25, 0.3) is 11.4 Å². The quantitative estimate of drug-likeness (QED) is 0.619. The second kappa shape index (κ2) is 9.09. The van der Waals surface area contributed by atoms with E-state index in [1.165, 1.54) is 4.80 Å². The Balaban J connectivity index is 1.62. The lowest BCUT2D eigenvalue weighted by Crippen LogP contribution is -2.28. The molecule has 1 heterocycles. The summed E-state index contributed by atoms with van der Waals surface area (Å²) in [7, 11) is 0. The van der Waals surface area contributed by atoms with E-state index in [1.807, 2.05) is 31.2 Å². The second-order valence-electron chi connectivity index (χ2n) is 6.88. The molecular formula is C21H23N5O3. The van der Waals surface area contributed by atoms with Gasteiger partial charge in [-0.15, -0.1) is 10.2 Å². The average Bonchev–Trinajstić information content (AvgIpc) is 3.15. The van der Waals surface area contributed by atoms with E-state index in [0.717, 1.165) is 11.1 Å². The molecule has 0 aliphatic rings. The molecule has 0 fully saturated rings. The van der Waals surface area contributed by atoms with Crippen molar-refractivity contribution in [1.82, 2.24) is 25.5 Å². The number of carbonyl (C=O) groups is 2. The van der Waals surface area contributed by atoms with Gasteiger partial charge in [-0.05, 0) is 49.2 Å². The molecule has 150 valence electrons. The SMILES string of the molecule is Cc1ccccc1CNC(=O)Cn1nnc(-c2cccc(C(=O)OC(C)C)c2)n1. The fourth-order valence-electron chi connectivity index (χ4n) is 2.68. The Kier molecular flexibility index (Phi) is 6.33. The highest BCUT2D eigenvalue weighted by molar-refractivity contribution is 5.90.